The van der Waals surface area contributed by atoms with Crippen molar-refractivity contribution in [3.8, 4) is 0 Å². The summed E-state index contributed by atoms with van der Waals surface area (Å²) in [5.74, 6) is -0.401. The van der Waals surface area contributed by atoms with E-state index in [1.807, 2.05) is 12.1 Å². The zero-order valence-electron chi connectivity index (χ0n) is 13.1. The molecule has 0 unspecified atom stereocenters. The Bertz CT molecular complexity index is 508. The minimum Gasteiger partial charge on any atom is -0.465 e. The molecule has 0 radical (unpaired) electrons. The molecule has 0 atom stereocenters. The van der Waals surface area contributed by atoms with E-state index in [1.54, 1.807) is 6.07 Å². The molecule has 1 aromatic carbocycles. The van der Waals surface area contributed by atoms with E-state index < -0.39 is 5.97 Å². The van der Waals surface area contributed by atoms with Crippen molar-refractivity contribution in [2.75, 3.05) is 44.8 Å². The second kappa shape index (κ2) is 6.35. The Labute approximate surface area is 126 Å². The number of para-hydroxylation sites is 1. The maximum atomic E-state index is 11.7. The van der Waals surface area contributed by atoms with Gasteiger partial charge in [-0.1, -0.05) is 13.0 Å². The lowest BCUT2D eigenvalue weighted by atomic mass is 9.80. The fourth-order valence-corrected chi connectivity index (χ4v) is 2.65. The predicted octanol–water partition coefficient (Wildman–Crippen LogP) is 2.20. The first-order valence-electron chi connectivity index (χ1n) is 7.34. The molecule has 0 amide bonds. The Balaban J connectivity index is 2.05. The third-order valence-electron chi connectivity index (χ3n) is 4.41. The number of nitrogens with two attached hydrogens (primary N) is 1. The van der Waals surface area contributed by atoms with Crippen molar-refractivity contribution in [1.29, 1.82) is 0 Å². The minimum absolute atomic E-state index is 0.264. The molecule has 5 nitrogen and oxygen atoms in total. The number of rotatable bonds is 4. The summed E-state index contributed by atoms with van der Waals surface area (Å²) in [7, 11) is 3.52. The van der Waals surface area contributed by atoms with Crippen molar-refractivity contribution in [3.63, 3.8) is 0 Å². The lowest BCUT2D eigenvalue weighted by Gasteiger charge is -2.38. The number of esters is 1. The number of piperidine rings is 1. The second-order valence-electron chi connectivity index (χ2n) is 6.23. The summed E-state index contributed by atoms with van der Waals surface area (Å²) in [6, 6.07) is 5.41. The van der Waals surface area contributed by atoms with Crippen molar-refractivity contribution >= 4 is 17.3 Å². The van der Waals surface area contributed by atoms with Gasteiger partial charge in [-0.15, -0.1) is 0 Å². The van der Waals surface area contributed by atoms with Gasteiger partial charge in [0.15, 0.2) is 0 Å². The van der Waals surface area contributed by atoms with Crippen molar-refractivity contribution < 1.29 is 9.53 Å². The molecule has 1 aliphatic heterocycles. The summed E-state index contributed by atoms with van der Waals surface area (Å²) in [6.45, 7) is 5.40. The molecule has 116 valence electrons. The molecule has 0 spiro atoms. The van der Waals surface area contributed by atoms with E-state index in [2.05, 4.69) is 24.2 Å². The van der Waals surface area contributed by atoms with E-state index in [0.29, 0.717) is 11.3 Å². The third kappa shape index (κ3) is 3.67. The normalized spacial score (nSPS) is 18.2. The van der Waals surface area contributed by atoms with Crippen LogP contribution < -0.4 is 11.1 Å². The average molecular weight is 291 g/mol. The molecule has 3 N–H and O–H groups in total. The van der Waals surface area contributed by atoms with Gasteiger partial charge in [0.2, 0.25) is 0 Å². The minimum atomic E-state index is -0.401. The van der Waals surface area contributed by atoms with Gasteiger partial charge in [0.05, 0.1) is 24.0 Å². The summed E-state index contributed by atoms with van der Waals surface area (Å²) in [5.41, 5.74) is 8.01. The van der Waals surface area contributed by atoms with Gasteiger partial charge < -0.3 is 20.7 Å². The van der Waals surface area contributed by atoms with Gasteiger partial charge in [-0.2, -0.15) is 0 Å². The van der Waals surface area contributed by atoms with Crippen LogP contribution in [0, 0.1) is 5.41 Å². The van der Waals surface area contributed by atoms with Crippen molar-refractivity contribution in [2.45, 2.75) is 19.8 Å². The predicted molar refractivity (Wildman–Crippen MR) is 85.5 cm³/mol. The highest BCUT2D eigenvalue weighted by Crippen LogP contribution is 2.32. The van der Waals surface area contributed by atoms with Gasteiger partial charge in [0.25, 0.3) is 0 Å². The molecule has 1 heterocycles. The highest BCUT2D eigenvalue weighted by molar-refractivity contribution is 5.98. The van der Waals surface area contributed by atoms with Gasteiger partial charge >= 0.3 is 5.97 Å². The van der Waals surface area contributed by atoms with Gasteiger partial charge in [-0.3, -0.25) is 0 Å². The van der Waals surface area contributed by atoms with E-state index in [0.717, 1.165) is 38.2 Å². The topological polar surface area (TPSA) is 67.6 Å². The lowest BCUT2D eigenvalue weighted by Crippen LogP contribution is -2.40. The second-order valence-corrected chi connectivity index (χ2v) is 6.23. The highest BCUT2D eigenvalue weighted by atomic mass is 16.5. The van der Waals surface area contributed by atoms with Crippen LogP contribution >= 0.6 is 0 Å². The molecule has 0 aromatic heterocycles. The first-order valence-corrected chi connectivity index (χ1v) is 7.34. The number of hydrogen-bond donors (Lipinski definition) is 2. The van der Waals surface area contributed by atoms with Gasteiger partial charge in [0, 0.05) is 6.54 Å². The van der Waals surface area contributed by atoms with E-state index in [9.17, 15) is 4.79 Å². The fraction of sp³-hybridized carbons (Fsp3) is 0.562. The maximum absolute atomic E-state index is 11.7. The largest absolute Gasteiger partial charge is 0.465 e. The van der Waals surface area contributed by atoms with Crippen molar-refractivity contribution in [2.24, 2.45) is 5.41 Å². The number of ether oxygens (including phenoxy) is 1. The van der Waals surface area contributed by atoms with Crippen LogP contribution in [0.1, 0.15) is 30.1 Å². The van der Waals surface area contributed by atoms with E-state index in [-0.39, 0.29) is 5.41 Å². The monoisotopic (exact) mass is 291 g/mol. The molecular formula is C16H25N3O2. The molecule has 1 saturated heterocycles. The first-order chi connectivity index (χ1) is 9.95. The Morgan fingerprint density at radius 3 is 2.71 bits per heavy atom. The van der Waals surface area contributed by atoms with Crippen LogP contribution in [0.15, 0.2) is 18.2 Å². The number of nitrogen functional groups attached to an aromatic ring is 1. The summed E-state index contributed by atoms with van der Waals surface area (Å²) in [4.78, 5) is 14.0. The quantitative estimate of drug-likeness (QED) is 0.657. The number of benzene rings is 1. The number of carbonyl (C=O) groups is 1. The number of methoxy groups -OCH3 is 1. The van der Waals surface area contributed by atoms with Gasteiger partial charge in [-0.05, 0) is 50.5 Å². The smallest absolute Gasteiger partial charge is 0.340 e. The molecule has 1 aliphatic rings. The SMILES string of the molecule is COC(=O)c1cccc(NCC2(C)CCN(C)CC2)c1N. The summed E-state index contributed by atoms with van der Waals surface area (Å²) < 4.78 is 4.75. The average Bonchev–Trinajstić information content (AvgIpc) is 2.49. The summed E-state index contributed by atoms with van der Waals surface area (Å²) >= 11 is 0. The van der Waals surface area contributed by atoms with Crippen LogP contribution in [-0.2, 0) is 4.74 Å². The van der Waals surface area contributed by atoms with Crippen LogP contribution in [0.2, 0.25) is 0 Å². The zero-order chi connectivity index (χ0) is 15.5. The van der Waals surface area contributed by atoms with Crippen molar-refractivity contribution in [1.82, 2.24) is 4.90 Å². The zero-order valence-corrected chi connectivity index (χ0v) is 13.1. The molecule has 1 fully saturated rings. The number of nitrogens with one attached hydrogen (secondary N) is 1. The van der Waals surface area contributed by atoms with Crippen molar-refractivity contribution in [3.05, 3.63) is 23.8 Å². The Hall–Kier alpha value is -1.75. The van der Waals surface area contributed by atoms with Crippen LogP contribution in [0.5, 0.6) is 0 Å². The van der Waals surface area contributed by atoms with Gasteiger partial charge in [-0.25, -0.2) is 4.79 Å². The lowest BCUT2D eigenvalue weighted by molar-refractivity contribution is 0.0602. The Morgan fingerprint density at radius 1 is 1.43 bits per heavy atom. The van der Waals surface area contributed by atoms with Gasteiger partial charge in [0.1, 0.15) is 0 Å². The standard InChI is InChI=1S/C16H25N3O2/c1-16(7-9-19(2)10-8-16)11-18-13-6-4-5-12(14(13)17)15(20)21-3/h4-6,18H,7-11,17H2,1-3H3. The maximum Gasteiger partial charge on any atom is 0.340 e. The highest BCUT2D eigenvalue weighted by Gasteiger charge is 2.28. The van der Waals surface area contributed by atoms with Crippen LogP contribution in [0.25, 0.3) is 0 Å². The first kappa shape index (κ1) is 15.6. The number of anilines is 2. The number of hydrogen-bond acceptors (Lipinski definition) is 5. The number of likely N-dealkylation sites (tertiary alicyclic amines) is 1. The van der Waals surface area contributed by atoms with Crippen LogP contribution in [0.4, 0.5) is 11.4 Å². The van der Waals surface area contributed by atoms with E-state index >= 15 is 0 Å². The third-order valence-corrected chi connectivity index (χ3v) is 4.41. The van der Waals surface area contributed by atoms with E-state index in [1.165, 1.54) is 7.11 Å². The molecule has 0 bridgehead atoms. The molecular weight excluding hydrogens is 266 g/mol. The molecule has 1 aromatic rings. The Kier molecular flexibility index (Phi) is 4.73. The van der Waals surface area contributed by atoms with Crippen LogP contribution in [0.3, 0.4) is 0 Å². The molecule has 5 heteroatoms. The van der Waals surface area contributed by atoms with E-state index in [4.69, 9.17) is 10.5 Å². The fourth-order valence-electron chi connectivity index (χ4n) is 2.65. The summed E-state index contributed by atoms with van der Waals surface area (Å²) in [6.07, 6.45) is 2.32. The summed E-state index contributed by atoms with van der Waals surface area (Å²) in [5, 5.41) is 3.41. The Morgan fingerprint density at radius 2 is 2.10 bits per heavy atom. The molecule has 2 rings (SSSR count). The molecule has 0 saturated carbocycles. The molecule has 0 aliphatic carbocycles. The molecule has 21 heavy (non-hydrogen) atoms. The number of nitrogens with zero attached hydrogens (tertiary/aromatic N) is 1. The van der Waals surface area contributed by atoms with Crippen LogP contribution in [-0.4, -0.2) is 44.7 Å². The number of carbonyl (C=O) groups excluding carboxylic acids is 1.